The van der Waals surface area contributed by atoms with Crippen molar-refractivity contribution in [3.8, 4) is 0 Å². The fourth-order valence-electron chi connectivity index (χ4n) is 3.42. The SMILES string of the molecule is Cn1c(=O)n(Cc2ccc(Br)cc2)c(=O)c2cc(C(=O)NCC3=CN(O)NC=C3)ccc21. The number of aromatic nitrogens is 2. The molecule has 164 valence electrons. The summed E-state index contributed by atoms with van der Waals surface area (Å²) in [4.78, 5) is 38.6. The second-order valence-electron chi connectivity index (χ2n) is 7.28. The van der Waals surface area contributed by atoms with Crippen LogP contribution < -0.4 is 22.0 Å². The fraction of sp³-hybridized carbons (Fsp3) is 0.136. The molecule has 0 saturated carbocycles. The van der Waals surface area contributed by atoms with Gasteiger partial charge < -0.3 is 5.32 Å². The molecule has 0 aliphatic carbocycles. The Bertz CT molecular complexity index is 1370. The van der Waals surface area contributed by atoms with Gasteiger partial charge in [-0.05, 0) is 47.5 Å². The van der Waals surface area contributed by atoms with Crippen molar-refractivity contribution in [2.24, 2.45) is 7.05 Å². The molecule has 0 saturated heterocycles. The van der Waals surface area contributed by atoms with Gasteiger partial charge in [0.2, 0.25) is 0 Å². The molecule has 10 heteroatoms. The summed E-state index contributed by atoms with van der Waals surface area (Å²) in [6.45, 7) is 0.310. The van der Waals surface area contributed by atoms with Crippen molar-refractivity contribution in [1.82, 2.24) is 25.0 Å². The van der Waals surface area contributed by atoms with E-state index in [4.69, 9.17) is 0 Å². The van der Waals surface area contributed by atoms with Gasteiger partial charge >= 0.3 is 5.69 Å². The minimum atomic E-state index is -0.458. The van der Waals surface area contributed by atoms with E-state index in [9.17, 15) is 19.6 Å². The number of carbonyl (C=O) groups is 1. The van der Waals surface area contributed by atoms with E-state index in [1.807, 2.05) is 24.3 Å². The van der Waals surface area contributed by atoms with Crippen LogP contribution in [-0.2, 0) is 13.6 Å². The summed E-state index contributed by atoms with van der Waals surface area (Å²) in [6.07, 6.45) is 4.67. The van der Waals surface area contributed by atoms with Crippen molar-refractivity contribution < 1.29 is 10.0 Å². The maximum absolute atomic E-state index is 13.1. The molecule has 0 bridgehead atoms. The lowest BCUT2D eigenvalue weighted by atomic mass is 10.1. The average molecular weight is 498 g/mol. The summed E-state index contributed by atoms with van der Waals surface area (Å²) in [6, 6.07) is 12.0. The first kappa shape index (κ1) is 21.6. The van der Waals surface area contributed by atoms with Crippen LogP contribution in [-0.4, -0.2) is 32.0 Å². The van der Waals surface area contributed by atoms with Gasteiger partial charge in [0.05, 0.1) is 23.6 Å². The highest BCUT2D eigenvalue weighted by Gasteiger charge is 2.15. The zero-order chi connectivity index (χ0) is 22.8. The molecule has 0 radical (unpaired) electrons. The highest BCUT2D eigenvalue weighted by Crippen LogP contribution is 2.13. The van der Waals surface area contributed by atoms with Gasteiger partial charge in [0, 0.05) is 29.8 Å². The molecule has 32 heavy (non-hydrogen) atoms. The van der Waals surface area contributed by atoms with E-state index in [0.29, 0.717) is 16.7 Å². The van der Waals surface area contributed by atoms with Crippen molar-refractivity contribution in [3.05, 3.63) is 103 Å². The first-order valence-corrected chi connectivity index (χ1v) is 10.5. The van der Waals surface area contributed by atoms with E-state index >= 15 is 0 Å². The molecular formula is C22H20BrN5O4. The van der Waals surface area contributed by atoms with Crippen molar-refractivity contribution in [2.45, 2.75) is 6.54 Å². The van der Waals surface area contributed by atoms with Crippen molar-refractivity contribution in [1.29, 1.82) is 0 Å². The first-order valence-electron chi connectivity index (χ1n) is 9.71. The van der Waals surface area contributed by atoms with Crippen LogP contribution in [0, 0.1) is 0 Å². The Morgan fingerprint density at radius 3 is 2.62 bits per heavy atom. The smallest absolute Gasteiger partial charge is 0.331 e. The van der Waals surface area contributed by atoms with Crippen molar-refractivity contribution in [3.63, 3.8) is 0 Å². The van der Waals surface area contributed by atoms with Crippen LogP contribution in [0.1, 0.15) is 15.9 Å². The van der Waals surface area contributed by atoms with Gasteiger partial charge in [0.1, 0.15) is 0 Å². The molecule has 1 aliphatic rings. The van der Waals surface area contributed by atoms with Gasteiger partial charge in [-0.3, -0.25) is 29.4 Å². The molecular weight excluding hydrogens is 478 g/mol. The zero-order valence-electron chi connectivity index (χ0n) is 17.1. The van der Waals surface area contributed by atoms with Gasteiger partial charge in [0.25, 0.3) is 11.5 Å². The van der Waals surface area contributed by atoms with Crippen molar-refractivity contribution >= 4 is 32.7 Å². The van der Waals surface area contributed by atoms with Crippen LogP contribution in [0.2, 0.25) is 0 Å². The lowest BCUT2D eigenvalue weighted by molar-refractivity contribution is -0.0768. The number of hydrogen-bond donors (Lipinski definition) is 3. The van der Waals surface area contributed by atoms with Crippen LogP contribution in [0.5, 0.6) is 0 Å². The topological polar surface area (TPSA) is 109 Å². The van der Waals surface area contributed by atoms with Gasteiger partial charge in [-0.15, -0.1) is 0 Å². The number of nitrogens with one attached hydrogen (secondary N) is 2. The summed E-state index contributed by atoms with van der Waals surface area (Å²) in [5.74, 6) is -0.378. The highest BCUT2D eigenvalue weighted by atomic mass is 79.9. The Labute approximate surface area is 190 Å². The normalized spacial score (nSPS) is 13.1. The fourth-order valence-corrected chi connectivity index (χ4v) is 3.68. The van der Waals surface area contributed by atoms with Crippen molar-refractivity contribution in [2.75, 3.05) is 6.54 Å². The maximum atomic E-state index is 13.1. The third kappa shape index (κ3) is 4.36. The van der Waals surface area contributed by atoms with Crippen LogP contribution in [0.15, 0.2) is 80.6 Å². The second-order valence-corrected chi connectivity index (χ2v) is 8.20. The minimum Gasteiger partial charge on any atom is -0.348 e. The molecule has 9 nitrogen and oxygen atoms in total. The number of hydrazine groups is 1. The van der Waals surface area contributed by atoms with Crippen LogP contribution in [0.25, 0.3) is 10.9 Å². The lowest BCUT2D eigenvalue weighted by Crippen LogP contribution is -2.39. The molecule has 1 amide bonds. The second kappa shape index (κ2) is 8.85. The molecule has 0 unspecified atom stereocenters. The highest BCUT2D eigenvalue weighted by molar-refractivity contribution is 9.10. The number of aryl methyl sites for hydroxylation is 1. The molecule has 3 N–H and O–H groups in total. The van der Waals surface area contributed by atoms with Gasteiger partial charge in [-0.1, -0.05) is 28.1 Å². The molecule has 2 aromatic carbocycles. The van der Waals surface area contributed by atoms with Crippen LogP contribution in [0.4, 0.5) is 0 Å². The molecule has 2 heterocycles. The zero-order valence-corrected chi connectivity index (χ0v) is 18.7. The standard InChI is InChI=1S/C22H20BrN5O4/c1-26-19-7-4-16(20(29)24-11-15-8-9-25-28(32)13-15)10-18(19)21(30)27(22(26)31)12-14-2-5-17(23)6-3-14/h2-10,13,25,32H,11-12H2,1H3,(H,24,29). The lowest BCUT2D eigenvalue weighted by Gasteiger charge is -2.17. The Kier molecular flexibility index (Phi) is 5.97. The Morgan fingerprint density at radius 2 is 1.91 bits per heavy atom. The summed E-state index contributed by atoms with van der Waals surface area (Å²) >= 11 is 3.37. The first-order chi connectivity index (χ1) is 15.3. The number of benzene rings is 2. The summed E-state index contributed by atoms with van der Waals surface area (Å²) in [7, 11) is 1.60. The van der Waals surface area contributed by atoms with E-state index in [1.165, 1.54) is 23.0 Å². The number of carbonyl (C=O) groups excluding carboxylic acids is 1. The van der Waals surface area contributed by atoms with Gasteiger partial charge in [-0.25, -0.2) is 4.79 Å². The Morgan fingerprint density at radius 1 is 1.16 bits per heavy atom. The van der Waals surface area contributed by atoms with Gasteiger partial charge in [0.15, 0.2) is 0 Å². The predicted molar refractivity (Wildman–Crippen MR) is 123 cm³/mol. The molecule has 0 fully saturated rings. The summed E-state index contributed by atoms with van der Waals surface area (Å²) in [5.41, 5.74) is 3.89. The molecule has 4 rings (SSSR count). The maximum Gasteiger partial charge on any atom is 0.331 e. The molecule has 0 spiro atoms. The van der Waals surface area contributed by atoms with E-state index in [-0.39, 0.29) is 24.4 Å². The monoisotopic (exact) mass is 497 g/mol. The van der Waals surface area contributed by atoms with Crippen LogP contribution >= 0.6 is 15.9 Å². The third-order valence-corrected chi connectivity index (χ3v) is 5.64. The Balaban J connectivity index is 1.66. The molecule has 0 atom stereocenters. The molecule has 3 aromatic rings. The number of hydrogen-bond acceptors (Lipinski definition) is 6. The largest absolute Gasteiger partial charge is 0.348 e. The predicted octanol–water partition coefficient (Wildman–Crippen LogP) is 1.85. The Hall–Kier alpha value is -3.63. The van der Waals surface area contributed by atoms with E-state index in [1.54, 1.807) is 25.3 Å². The van der Waals surface area contributed by atoms with E-state index in [2.05, 4.69) is 26.7 Å². The number of nitrogens with zero attached hydrogens (tertiary/aromatic N) is 3. The number of amides is 1. The summed E-state index contributed by atoms with van der Waals surface area (Å²) < 4.78 is 3.46. The molecule has 1 aromatic heterocycles. The number of hydroxylamine groups is 1. The third-order valence-electron chi connectivity index (χ3n) is 5.11. The number of rotatable bonds is 5. The van der Waals surface area contributed by atoms with Gasteiger partial charge in [-0.2, -0.15) is 5.17 Å². The summed E-state index contributed by atoms with van der Waals surface area (Å²) in [5, 5.41) is 13.2. The van der Waals surface area contributed by atoms with Crippen LogP contribution in [0.3, 0.4) is 0 Å². The number of fused-ring (bicyclic) bond motifs is 1. The minimum absolute atomic E-state index is 0.122. The average Bonchev–Trinajstić information content (AvgIpc) is 2.79. The van der Waals surface area contributed by atoms with E-state index < -0.39 is 11.2 Å². The quantitative estimate of drug-likeness (QED) is 0.496. The molecule has 1 aliphatic heterocycles. The number of halogens is 1. The van der Waals surface area contributed by atoms with E-state index in [0.717, 1.165) is 19.8 Å².